The summed E-state index contributed by atoms with van der Waals surface area (Å²) in [5, 5.41) is 19.6. The summed E-state index contributed by atoms with van der Waals surface area (Å²) in [6.45, 7) is 5.84. The summed E-state index contributed by atoms with van der Waals surface area (Å²) in [5.41, 5.74) is 0. The van der Waals surface area contributed by atoms with Gasteiger partial charge in [0.25, 0.3) is 0 Å². The SMILES string of the molecule is CCNC(=O)C(C)n1c(C)nnc1SCC(=O)O. The molecule has 0 aliphatic carbocycles. The molecule has 0 aliphatic heterocycles. The number of rotatable bonds is 6. The van der Waals surface area contributed by atoms with Gasteiger partial charge in [-0.25, -0.2) is 0 Å². The monoisotopic (exact) mass is 272 g/mol. The third kappa shape index (κ3) is 3.46. The number of amides is 1. The first-order valence-electron chi connectivity index (χ1n) is 5.51. The van der Waals surface area contributed by atoms with Crippen LogP contribution in [0, 0.1) is 6.92 Å². The van der Waals surface area contributed by atoms with Crippen LogP contribution in [-0.2, 0) is 9.59 Å². The highest BCUT2D eigenvalue weighted by Gasteiger charge is 2.21. The van der Waals surface area contributed by atoms with Crippen LogP contribution >= 0.6 is 11.8 Å². The molecule has 1 atom stereocenters. The summed E-state index contributed by atoms with van der Waals surface area (Å²) in [7, 11) is 0. The van der Waals surface area contributed by atoms with Crippen LogP contribution in [0.5, 0.6) is 0 Å². The summed E-state index contributed by atoms with van der Waals surface area (Å²) in [6, 6.07) is -0.462. The van der Waals surface area contributed by atoms with Crippen molar-refractivity contribution >= 4 is 23.6 Å². The Kier molecular flexibility index (Phi) is 5.14. The highest BCUT2D eigenvalue weighted by Crippen LogP contribution is 2.21. The number of hydrogen-bond donors (Lipinski definition) is 2. The van der Waals surface area contributed by atoms with Gasteiger partial charge in [0.2, 0.25) is 5.91 Å². The topological polar surface area (TPSA) is 97.1 Å². The number of aliphatic carboxylic acids is 1. The zero-order chi connectivity index (χ0) is 13.7. The van der Waals surface area contributed by atoms with Crippen LogP contribution in [0.4, 0.5) is 0 Å². The van der Waals surface area contributed by atoms with Crippen LogP contribution in [0.2, 0.25) is 0 Å². The number of aromatic nitrogens is 3. The van der Waals surface area contributed by atoms with E-state index in [9.17, 15) is 9.59 Å². The number of nitrogens with one attached hydrogen (secondary N) is 1. The van der Waals surface area contributed by atoms with E-state index in [1.807, 2.05) is 6.92 Å². The van der Waals surface area contributed by atoms with E-state index in [0.29, 0.717) is 17.5 Å². The van der Waals surface area contributed by atoms with Gasteiger partial charge in [-0.3, -0.25) is 14.2 Å². The van der Waals surface area contributed by atoms with Crippen LogP contribution in [0.25, 0.3) is 0 Å². The molecule has 0 fully saturated rings. The van der Waals surface area contributed by atoms with Crippen LogP contribution in [-0.4, -0.2) is 44.0 Å². The van der Waals surface area contributed by atoms with Crippen molar-refractivity contribution in [2.24, 2.45) is 0 Å². The molecule has 0 aliphatic rings. The van der Waals surface area contributed by atoms with Gasteiger partial charge in [-0.1, -0.05) is 11.8 Å². The summed E-state index contributed by atoms with van der Waals surface area (Å²) >= 11 is 1.05. The van der Waals surface area contributed by atoms with Gasteiger partial charge in [0.15, 0.2) is 5.16 Å². The fourth-order valence-electron chi connectivity index (χ4n) is 1.46. The lowest BCUT2D eigenvalue weighted by atomic mass is 10.3. The lowest BCUT2D eigenvalue weighted by molar-refractivity contribution is -0.133. The molecule has 18 heavy (non-hydrogen) atoms. The van der Waals surface area contributed by atoms with Crippen LogP contribution < -0.4 is 5.32 Å². The van der Waals surface area contributed by atoms with Crippen molar-refractivity contribution in [1.29, 1.82) is 0 Å². The molecule has 1 heterocycles. The van der Waals surface area contributed by atoms with Gasteiger partial charge >= 0.3 is 5.97 Å². The number of carbonyl (C=O) groups excluding carboxylic acids is 1. The molecule has 8 heteroatoms. The molecule has 1 amide bonds. The molecule has 1 aromatic heterocycles. The first-order chi connectivity index (χ1) is 8.47. The van der Waals surface area contributed by atoms with E-state index in [1.165, 1.54) is 0 Å². The number of carboxylic acid groups (broad SMARTS) is 1. The van der Waals surface area contributed by atoms with Gasteiger partial charge in [-0.05, 0) is 20.8 Å². The van der Waals surface area contributed by atoms with E-state index in [-0.39, 0.29) is 11.7 Å². The zero-order valence-electron chi connectivity index (χ0n) is 10.5. The quantitative estimate of drug-likeness (QED) is 0.730. The second-order valence-electron chi connectivity index (χ2n) is 3.65. The van der Waals surface area contributed by atoms with Crippen LogP contribution in [0.15, 0.2) is 5.16 Å². The molecule has 0 saturated heterocycles. The van der Waals surface area contributed by atoms with Gasteiger partial charge in [-0.15, -0.1) is 10.2 Å². The minimum atomic E-state index is -0.933. The minimum absolute atomic E-state index is 0.111. The first kappa shape index (κ1) is 14.5. The number of carbonyl (C=O) groups is 2. The number of carboxylic acids is 1. The Morgan fingerprint density at radius 3 is 2.72 bits per heavy atom. The second-order valence-corrected chi connectivity index (χ2v) is 4.60. The largest absolute Gasteiger partial charge is 0.481 e. The fraction of sp³-hybridized carbons (Fsp3) is 0.600. The predicted octanol–water partition coefficient (Wildman–Crippen LogP) is 0.460. The predicted molar refractivity (Wildman–Crippen MR) is 66.5 cm³/mol. The Labute approximate surface area is 109 Å². The Hall–Kier alpha value is -1.57. The smallest absolute Gasteiger partial charge is 0.313 e. The zero-order valence-corrected chi connectivity index (χ0v) is 11.3. The average molecular weight is 272 g/mol. The third-order valence-electron chi connectivity index (χ3n) is 2.28. The average Bonchev–Trinajstić information content (AvgIpc) is 2.67. The maximum Gasteiger partial charge on any atom is 0.313 e. The normalized spacial score (nSPS) is 12.2. The van der Waals surface area contributed by atoms with Crippen molar-refractivity contribution in [2.45, 2.75) is 32.0 Å². The fourth-order valence-corrected chi connectivity index (χ4v) is 2.24. The van der Waals surface area contributed by atoms with Gasteiger partial charge in [-0.2, -0.15) is 0 Å². The number of thioether (sulfide) groups is 1. The molecule has 7 nitrogen and oxygen atoms in total. The number of hydrogen-bond acceptors (Lipinski definition) is 5. The molecular formula is C10H16N4O3S. The molecule has 100 valence electrons. The van der Waals surface area contributed by atoms with Gasteiger partial charge in [0, 0.05) is 6.54 Å². The molecular weight excluding hydrogens is 256 g/mol. The van der Waals surface area contributed by atoms with Crippen LogP contribution in [0.1, 0.15) is 25.7 Å². The van der Waals surface area contributed by atoms with E-state index in [4.69, 9.17) is 5.11 Å². The molecule has 0 bridgehead atoms. The van der Waals surface area contributed by atoms with E-state index >= 15 is 0 Å². The van der Waals surface area contributed by atoms with Crippen LogP contribution in [0.3, 0.4) is 0 Å². The Bertz CT molecular complexity index is 446. The Morgan fingerprint density at radius 1 is 1.50 bits per heavy atom. The Morgan fingerprint density at radius 2 is 2.17 bits per heavy atom. The van der Waals surface area contributed by atoms with E-state index in [0.717, 1.165) is 11.8 Å². The maximum absolute atomic E-state index is 11.8. The van der Waals surface area contributed by atoms with Crippen molar-refractivity contribution < 1.29 is 14.7 Å². The molecule has 1 unspecified atom stereocenters. The lowest BCUT2D eigenvalue weighted by Gasteiger charge is -2.15. The molecule has 0 saturated carbocycles. The number of nitrogens with zero attached hydrogens (tertiary/aromatic N) is 3. The maximum atomic E-state index is 11.8. The number of aryl methyl sites for hydroxylation is 1. The molecule has 1 rings (SSSR count). The molecule has 0 spiro atoms. The Balaban J connectivity index is 2.89. The number of likely N-dealkylation sites (N-methyl/N-ethyl adjacent to an activating group) is 1. The van der Waals surface area contributed by atoms with E-state index in [2.05, 4.69) is 15.5 Å². The van der Waals surface area contributed by atoms with Crippen molar-refractivity contribution in [3.05, 3.63) is 5.82 Å². The van der Waals surface area contributed by atoms with Gasteiger partial charge in [0.1, 0.15) is 11.9 Å². The van der Waals surface area contributed by atoms with Crippen molar-refractivity contribution in [3.8, 4) is 0 Å². The van der Waals surface area contributed by atoms with Gasteiger partial charge in [0.05, 0.1) is 5.75 Å². The second kappa shape index (κ2) is 6.39. The summed E-state index contributed by atoms with van der Waals surface area (Å²) in [5.74, 6) is -0.600. The summed E-state index contributed by atoms with van der Waals surface area (Å²) in [6.07, 6.45) is 0. The molecule has 2 N–H and O–H groups in total. The lowest BCUT2D eigenvalue weighted by Crippen LogP contribution is -2.31. The van der Waals surface area contributed by atoms with Gasteiger partial charge < -0.3 is 10.4 Å². The van der Waals surface area contributed by atoms with Crippen molar-refractivity contribution in [3.63, 3.8) is 0 Å². The molecule has 0 aromatic carbocycles. The molecule has 1 aromatic rings. The van der Waals surface area contributed by atoms with E-state index < -0.39 is 12.0 Å². The van der Waals surface area contributed by atoms with Crippen molar-refractivity contribution in [2.75, 3.05) is 12.3 Å². The standard InChI is InChI=1S/C10H16N4O3S/c1-4-11-9(17)6(2)14-7(3)12-13-10(14)18-5-8(15)16/h6H,4-5H2,1-3H3,(H,11,17)(H,15,16). The summed E-state index contributed by atoms with van der Waals surface area (Å²) in [4.78, 5) is 22.3. The summed E-state index contributed by atoms with van der Waals surface area (Å²) < 4.78 is 1.64. The highest BCUT2D eigenvalue weighted by molar-refractivity contribution is 7.99. The van der Waals surface area contributed by atoms with Crippen molar-refractivity contribution in [1.82, 2.24) is 20.1 Å². The minimum Gasteiger partial charge on any atom is -0.481 e. The highest BCUT2D eigenvalue weighted by atomic mass is 32.2. The first-order valence-corrected chi connectivity index (χ1v) is 6.49. The van der Waals surface area contributed by atoms with E-state index in [1.54, 1.807) is 18.4 Å². The third-order valence-corrected chi connectivity index (χ3v) is 3.21. The molecule has 0 radical (unpaired) electrons.